The van der Waals surface area contributed by atoms with Crippen LogP contribution in [0.1, 0.15) is 26.2 Å². The second-order valence-electron chi connectivity index (χ2n) is 14.0. The molecule has 3 heterocycles. The van der Waals surface area contributed by atoms with Gasteiger partial charge in [0, 0.05) is 65.2 Å². The molecule has 0 aromatic carbocycles. The molecule has 0 amide bonds. The van der Waals surface area contributed by atoms with Crippen molar-refractivity contribution in [3.63, 3.8) is 0 Å². The first kappa shape index (κ1) is 50.9. The first-order valence-electron chi connectivity index (χ1n) is 17.3. The van der Waals surface area contributed by atoms with Crippen molar-refractivity contribution in [2.45, 2.75) is 135 Å². The van der Waals surface area contributed by atoms with E-state index in [1.807, 2.05) is 0 Å². The molecule has 0 saturated carbocycles. The fraction of sp³-hybridized carbons (Fsp3) is 0.903. The van der Waals surface area contributed by atoms with E-state index in [1.165, 1.54) is 14.1 Å². The zero-order valence-electron chi connectivity index (χ0n) is 31.0. The Bertz CT molecular complexity index is 1310. The first-order chi connectivity index (χ1) is 25.7. The zero-order valence-corrected chi connectivity index (χ0v) is 33.9. The predicted molar refractivity (Wildman–Crippen MR) is 177 cm³/mol. The number of hydrogen-bond donors (Lipinski definition) is 14. The molecule has 12 unspecified atom stereocenters. The van der Waals surface area contributed by atoms with Gasteiger partial charge in [0.2, 0.25) is 0 Å². The SMILES string of the molecule is CNC1C(O)CC(O[C@H](CO)[C@@H](O)C2OC(O[C@H](CO)[C@@H](O)C3OC(C)(C(=O)O)CC(O)C3NC)(C(=O)O)CC(O)C2[NH-])(C(=O)O)OC1[C@H](O)[C@@H](CO)OC.[Y]. The summed E-state index contributed by atoms with van der Waals surface area (Å²) in [6.45, 7) is -2.15. The average molecular weight is 894 g/mol. The van der Waals surface area contributed by atoms with Crippen LogP contribution >= 0.6 is 0 Å². The third kappa shape index (κ3) is 10.4. The molecule has 25 heteroatoms. The van der Waals surface area contributed by atoms with Crippen molar-refractivity contribution in [2.75, 3.05) is 41.0 Å². The van der Waals surface area contributed by atoms with E-state index in [-0.39, 0.29) is 32.7 Å². The van der Waals surface area contributed by atoms with Gasteiger partial charge in [0.25, 0.3) is 11.6 Å². The molecular weight excluding hydrogens is 839 g/mol. The molecule has 3 saturated heterocycles. The van der Waals surface area contributed by atoms with E-state index >= 15 is 0 Å². The van der Waals surface area contributed by atoms with Crippen molar-refractivity contribution in [3.05, 3.63) is 5.73 Å². The standard InChI is InChI=1S/C31H54N3O21.Y/c1-29(26(44)45)5-12(39)18(33-2)24(53-29)22(43)16(10-37)52-30(27(46)47)6-11(38)17(32)23(54-30)21(42)15(9-36)51-31(28(48)49)7-13(40)19(34-3)25(55-31)20(41)14(8-35)50-4;/h11-25,32-43H,5-10H2,1-4H3,(H,44,45)(H,46,47)(H,48,49);/q-1;/t11?,12?,13?,14-,15-,16-,17?,18?,19?,20-,21-,22-,23?,24?,25?,29?,30?,31?;/m1./s1. The number of carboxylic acids is 3. The number of rotatable bonds is 19. The van der Waals surface area contributed by atoms with Crippen molar-refractivity contribution in [1.29, 1.82) is 0 Å². The molecule has 0 aromatic rings. The Labute approximate surface area is 345 Å². The Kier molecular flexibility index (Phi) is 19.0. The molecular formula is C31H54N3O21Y-. The Morgan fingerprint density at radius 3 is 1.45 bits per heavy atom. The van der Waals surface area contributed by atoms with Crippen LogP contribution in [0.25, 0.3) is 5.73 Å². The van der Waals surface area contributed by atoms with E-state index in [1.54, 1.807) is 0 Å². The predicted octanol–water partition coefficient (Wildman–Crippen LogP) is -6.72. The van der Waals surface area contributed by atoms with Gasteiger partial charge in [-0.15, -0.1) is 0 Å². The van der Waals surface area contributed by atoms with E-state index in [0.717, 1.165) is 14.0 Å². The Hall–Kier alpha value is -1.21. The molecule has 56 heavy (non-hydrogen) atoms. The number of nitrogens with one attached hydrogen (secondary N) is 3. The van der Waals surface area contributed by atoms with Gasteiger partial charge in [-0.3, -0.25) is 0 Å². The second-order valence-corrected chi connectivity index (χ2v) is 14.0. The van der Waals surface area contributed by atoms with Gasteiger partial charge in [0.05, 0.1) is 50.2 Å². The molecule has 0 bridgehead atoms. The topological polar surface area (TPSA) is 397 Å². The molecule has 18 atom stereocenters. The van der Waals surface area contributed by atoms with Crippen molar-refractivity contribution in [3.8, 4) is 0 Å². The largest absolute Gasteiger partial charge is 0.670 e. The van der Waals surface area contributed by atoms with Gasteiger partial charge in [-0.05, 0) is 21.0 Å². The molecule has 0 spiro atoms. The quantitative estimate of drug-likeness (QED) is 0.0573. The van der Waals surface area contributed by atoms with Crippen LogP contribution in [-0.4, -0.2) is 229 Å². The van der Waals surface area contributed by atoms with Crippen LogP contribution in [-0.2, 0) is 75.5 Å². The molecule has 24 nitrogen and oxygen atoms in total. The third-order valence-corrected chi connectivity index (χ3v) is 10.4. The molecule has 3 aliphatic rings. The summed E-state index contributed by atoms with van der Waals surface area (Å²) in [6, 6.07) is -4.34. The zero-order chi connectivity index (χ0) is 41.8. The number of carbonyl (C=O) groups is 3. The van der Waals surface area contributed by atoms with Crippen LogP contribution in [0.2, 0.25) is 0 Å². The van der Waals surface area contributed by atoms with Gasteiger partial charge in [0.1, 0.15) is 48.8 Å². The van der Waals surface area contributed by atoms with Crippen LogP contribution in [0, 0.1) is 0 Å². The number of aliphatic hydroxyl groups excluding tert-OH is 9. The summed E-state index contributed by atoms with van der Waals surface area (Å²) in [5.74, 6) is -11.6. The van der Waals surface area contributed by atoms with Gasteiger partial charge in [-0.25, -0.2) is 14.4 Å². The molecule has 3 fully saturated rings. The number of ether oxygens (including phenoxy) is 6. The number of aliphatic hydroxyl groups is 9. The molecule has 1 radical (unpaired) electrons. The summed E-state index contributed by atoms with van der Waals surface area (Å²) in [4.78, 5) is 37.5. The van der Waals surface area contributed by atoms with E-state index < -0.39 is 166 Å². The van der Waals surface area contributed by atoms with Crippen LogP contribution in [0.5, 0.6) is 0 Å². The number of aliphatic carboxylic acids is 3. The van der Waals surface area contributed by atoms with Crippen LogP contribution in [0.4, 0.5) is 0 Å². The van der Waals surface area contributed by atoms with Crippen LogP contribution < -0.4 is 10.6 Å². The minimum atomic E-state index is -3.12. The maximum absolute atomic E-state index is 12.8. The summed E-state index contributed by atoms with van der Waals surface area (Å²) in [6.07, 6.45) is -25.0. The molecule has 3 rings (SSSR count). The molecule has 0 aromatic heterocycles. The molecule has 3 aliphatic heterocycles. The average Bonchev–Trinajstić information content (AvgIpc) is 3.13. The molecule has 0 aliphatic carbocycles. The maximum Gasteiger partial charge on any atom is 0.364 e. The summed E-state index contributed by atoms with van der Waals surface area (Å²) < 4.78 is 33.0. The minimum Gasteiger partial charge on any atom is -0.670 e. The summed E-state index contributed by atoms with van der Waals surface area (Å²) in [5.41, 5.74) is 6.44. The Morgan fingerprint density at radius 1 is 0.679 bits per heavy atom. The van der Waals surface area contributed by atoms with Gasteiger partial charge in [-0.1, -0.05) is 6.04 Å². The minimum absolute atomic E-state index is 0. The van der Waals surface area contributed by atoms with E-state index in [9.17, 15) is 75.7 Å². The summed E-state index contributed by atoms with van der Waals surface area (Å²) >= 11 is 0. The molecule has 323 valence electrons. The monoisotopic (exact) mass is 893 g/mol. The van der Waals surface area contributed by atoms with Crippen molar-refractivity contribution < 1.29 is 137 Å². The van der Waals surface area contributed by atoms with Crippen molar-refractivity contribution >= 4 is 17.9 Å². The fourth-order valence-electron chi connectivity index (χ4n) is 7.19. The maximum atomic E-state index is 12.8. The van der Waals surface area contributed by atoms with Crippen molar-refractivity contribution in [1.82, 2.24) is 10.6 Å². The van der Waals surface area contributed by atoms with Gasteiger partial charge in [-0.2, -0.15) is 0 Å². The number of methoxy groups -OCH3 is 1. The van der Waals surface area contributed by atoms with Gasteiger partial charge < -0.3 is 106 Å². The third-order valence-electron chi connectivity index (χ3n) is 10.4. The second kappa shape index (κ2) is 20.9. The normalized spacial score (nSPS) is 39.6. The van der Waals surface area contributed by atoms with Crippen LogP contribution in [0.15, 0.2) is 0 Å². The summed E-state index contributed by atoms with van der Waals surface area (Å²) in [5, 5.41) is 132. The van der Waals surface area contributed by atoms with E-state index in [2.05, 4.69) is 10.6 Å². The number of likely N-dealkylation sites (N-methyl/N-ethyl adjacent to an activating group) is 2. The van der Waals surface area contributed by atoms with Crippen molar-refractivity contribution in [2.24, 2.45) is 0 Å². The van der Waals surface area contributed by atoms with E-state index in [4.69, 9.17) is 34.2 Å². The Morgan fingerprint density at radius 2 is 1.05 bits per heavy atom. The number of carboxylic acid groups (broad SMARTS) is 3. The Balaban J connectivity index is 0.0000108. The van der Waals surface area contributed by atoms with E-state index in [0.29, 0.717) is 0 Å². The van der Waals surface area contributed by atoms with Crippen LogP contribution in [0.3, 0.4) is 0 Å². The fourth-order valence-corrected chi connectivity index (χ4v) is 7.19. The molecule has 15 N–H and O–H groups in total. The van der Waals surface area contributed by atoms with Gasteiger partial charge >= 0.3 is 17.9 Å². The first-order valence-corrected chi connectivity index (χ1v) is 17.3. The summed E-state index contributed by atoms with van der Waals surface area (Å²) in [7, 11) is 3.82. The smallest absolute Gasteiger partial charge is 0.364 e. The number of hydrogen-bond acceptors (Lipinski definition) is 20. The van der Waals surface area contributed by atoms with Gasteiger partial charge in [0.15, 0.2) is 5.60 Å².